The third-order valence-electron chi connectivity index (χ3n) is 6.52. The molecule has 4 rings (SSSR count). The first-order valence-electron chi connectivity index (χ1n) is 10.7. The fourth-order valence-electron chi connectivity index (χ4n) is 5.09. The van der Waals surface area contributed by atoms with Gasteiger partial charge in [-0.05, 0) is 57.6 Å². The molecule has 2 amide bonds. The first-order chi connectivity index (χ1) is 14.0. The number of likely N-dealkylation sites (tertiary alicyclic amines) is 1. The van der Waals surface area contributed by atoms with Gasteiger partial charge in [0.15, 0.2) is 0 Å². The summed E-state index contributed by atoms with van der Waals surface area (Å²) in [5.41, 5.74) is 1.57. The molecule has 3 aliphatic heterocycles. The number of pyridine rings is 1. The molecule has 0 N–H and O–H groups in total. The molecular formula is C22H31N3O4. The van der Waals surface area contributed by atoms with Crippen LogP contribution in [0.3, 0.4) is 0 Å². The van der Waals surface area contributed by atoms with Crippen LogP contribution in [0, 0.1) is 6.92 Å². The Hall–Kier alpha value is -1.99. The maximum absolute atomic E-state index is 12.7. The minimum absolute atomic E-state index is 0.0546. The molecule has 0 radical (unpaired) electrons. The van der Waals surface area contributed by atoms with Crippen molar-refractivity contribution in [2.24, 2.45) is 0 Å². The Morgan fingerprint density at radius 3 is 2.34 bits per heavy atom. The van der Waals surface area contributed by atoms with Crippen molar-refractivity contribution in [3.63, 3.8) is 0 Å². The number of aromatic nitrogens is 1. The summed E-state index contributed by atoms with van der Waals surface area (Å²) in [6.45, 7) is 3.52. The van der Waals surface area contributed by atoms with E-state index >= 15 is 0 Å². The summed E-state index contributed by atoms with van der Waals surface area (Å²) in [7, 11) is 1.57. The largest absolute Gasteiger partial charge is 0.375 e. The van der Waals surface area contributed by atoms with E-state index in [-0.39, 0.29) is 42.7 Å². The second kappa shape index (κ2) is 8.79. The third kappa shape index (κ3) is 4.46. The van der Waals surface area contributed by atoms with Crippen molar-refractivity contribution < 1.29 is 19.1 Å². The zero-order chi connectivity index (χ0) is 20.4. The topological polar surface area (TPSA) is 72.0 Å². The Morgan fingerprint density at radius 1 is 1.07 bits per heavy atom. The lowest BCUT2D eigenvalue weighted by Crippen LogP contribution is -2.50. The molecule has 3 saturated heterocycles. The Bertz CT molecular complexity index is 716. The summed E-state index contributed by atoms with van der Waals surface area (Å²) in [6.07, 6.45) is 7.77. The summed E-state index contributed by atoms with van der Waals surface area (Å²) in [4.78, 5) is 33.1. The van der Waals surface area contributed by atoms with Gasteiger partial charge in [-0.15, -0.1) is 0 Å². The van der Waals surface area contributed by atoms with Crippen LogP contribution in [0.5, 0.6) is 0 Å². The monoisotopic (exact) mass is 401 g/mol. The van der Waals surface area contributed by atoms with E-state index in [2.05, 4.69) is 4.98 Å². The summed E-state index contributed by atoms with van der Waals surface area (Å²) >= 11 is 0. The number of amides is 2. The fraction of sp³-hybridized carbons (Fsp3) is 0.682. The molecule has 3 aliphatic rings. The Kier molecular flexibility index (Phi) is 6.15. The lowest BCUT2D eigenvalue weighted by Gasteiger charge is -2.41. The zero-order valence-corrected chi connectivity index (χ0v) is 17.4. The van der Waals surface area contributed by atoms with Gasteiger partial charge in [-0.2, -0.15) is 0 Å². The van der Waals surface area contributed by atoms with Gasteiger partial charge in [0.25, 0.3) is 5.91 Å². The zero-order valence-electron chi connectivity index (χ0n) is 17.4. The van der Waals surface area contributed by atoms with E-state index < -0.39 is 0 Å². The van der Waals surface area contributed by atoms with Crippen LogP contribution in [-0.4, -0.2) is 77.7 Å². The molecule has 7 heteroatoms. The Balaban J connectivity index is 1.26. The molecule has 3 fully saturated rings. The SMILES string of the molecule is COCC(=O)N1[C@@H]2CC[C@H]1CC(OC1CCN(C(=O)c3ccc(C)nc3)CC1)C2. The van der Waals surface area contributed by atoms with Gasteiger partial charge in [-0.3, -0.25) is 14.6 Å². The molecule has 0 saturated carbocycles. The first kappa shape index (κ1) is 20.3. The summed E-state index contributed by atoms with van der Waals surface area (Å²) in [5, 5.41) is 0. The predicted molar refractivity (Wildman–Crippen MR) is 108 cm³/mol. The second-order valence-electron chi connectivity index (χ2n) is 8.53. The van der Waals surface area contributed by atoms with Crippen LogP contribution in [-0.2, 0) is 14.3 Å². The van der Waals surface area contributed by atoms with E-state index in [0.717, 1.165) is 57.3 Å². The van der Waals surface area contributed by atoms with Gasteiger partial charge in [0.1, 0.15) is 6.61 Å². The summed E-state index contributed by atoms with van der Waals surface area (Å²) in [5.74, 6) is 0.162. The maximum atomic E-state index is 12.7. The minimum Gasteiger partial charge on any atom is -0.375 e. The third-order valence-corrected chi connectivity index (χ3v) is 6.52. The molecule has 1 aromatic heterocycles. The second-order valence-corrected chi connectivity index (χ2v) is 8.53. The average Bonchev–Trinajstić information content (AvgIpc) is 3.00. The molecule has 4 heterocycles. The Labute approximate surface area is 172 Å². The van der Waals surface area contributed by atoms with Crippen molar-refractivity contribution in [2.75, 3.05) is 26.8 Å². The van der Waals surface area contributed by atoms with Gasteiger partial charge >= 0.3 is 0 Å². The number of fused-ring (bicyclic) bond motifs is 2. The number of methoxy groups -OCH3 is 1. The van der Waals surface area contributed by atoms with Crippen LogP contribution < -0.4 is 0 Å². The number of rotatable bonds is 5. The molecule has 1 aromatic rings. The van der Waals surface area contributed by atoms with Gasteiger partial charge in [0.2, 0.25) is 5.91 Å². The molecule has 158 valence electrons. The van der Waals surface area contributed by atoms with Gasteiger partial charge in [-0.25, -0.2) is 0 Å². The van der Waals surface area contributed by atoms with Gasteiger partial charge in [0, 0.05) is 44.2 Å². The molecule has 7 nitrogen and oxygen atoms in total. The lowest BCUT2D eigenvalue weighted by molar-refractivity contribution is -0.144. The highest BCUT2D eigenvalue weighted by Gasteiger charge is 2.44. The summed E-state index contributed by atoms with van der Waals surface area (Å²) in [6, 6.07) is 4.30. The van der Waals surface area contributed by atoms with E-state index in [9.17, 15) is 9.59 Å². The van der Waals surface area contributed by atoms with Gasteiger partial charge in [0.05, 0.1) is 17.8 Å². The average molecular weight is 402 g/mol. The van der Waals surface area contributed by atoms with Crippen LogP contribution >= 0.6 is 0 Å². The van der Waals surface area contributed by atoms with Crippen LogP contribution in [0.2, 0.25) is 0 Å². The number of hydrogen-bond donors (Lipinski definition) is 0. The Morgan fingerprint density at radius 2 is 1.76 bits per heavy atom. The molecule has 2 bridgehead atoms. The van der Waals surface area contributed by atoms with Gasteiger partial charge in [-0.1, -0.05) is 0 Å². The fourth-order valence-corrected chi connectivity index (χ4v) is 5.09. The number of carbonyl (C=O) groups excluding carboxylic acids is 2. The molecule has 1 unspecified atom stereocenters. The number of aryl methyl sites for hydroxylation is 1. The molecule has 0 aromatic carbocycles. The van der Waals surface area contributed by atoms with Crippen molar-refractivity contribution in [1.29, 1.82) is 0 Å². The molecule has 3 atom stereocenters. The van der Waals surface area contributed by atoms with Crippen molar-refractivity contribution in [3.05, 3.63) is 29.6 Å². The normalized spacial score (nSPS) is 27.3. The molecule has 29 heavy (non-hydrogen) atoms. The van der Waals surface area contributed by atoms with Crippen LogP contribution in [0.25, 0.3) is 0 Å². The number of piperidine rings is 2. The standard InChI is InChI=1S/C22H31N3O4/c1-15-3-4-16(13-23-15)22(27)24-9-7-19(8-10-24)29-20-11-17-5-6-18(12-20)25(17)21(26)14-28-2/h3-4,13,17-20H,5-12,14H2,1-2H3/t17-,18+,20?. The highest BCUT2D eigenvalue weighted by molar-refractivity contribution is 5.94. The van der Waals surface area contributed by atoms with Crippen LogP contribution in [0.1, 0.15) is 54.6 Å². The number of ether oxygens (including phenoxy) is 2. The van der Waals surface area contributed by atoms with Crippen molar-refractivity contribution in [1.82, 2.24) is 14.8 Å². The maximum Gasteiger partial charge on any atom is 0.255 e. The van der Waals surface area contributed by atoms with E-state index in [1.807, 2.05) is 28.9 Å². The molecule has 0 aliphatic carbocycles. The highest BCUT2D eigenvalue weighted by atomic mass is 16.5. The predicted octanol–water partition coefficient (Wildman–Crippen LogP) is 2.18. The van der Waals surface area contributed by atoms with Crippen molar-refractivity contribution in [3.8, 4) is 0 Å². The quantitative estimate of drug-likeness (QED) is 0.756. The summed E-state index contributed by atoms with van der Waals surface area (Å²) < 4.78 is 11.5. The van der Waals surface area contributed by atoms with Crippen LogP contribution in [0.15, 0.2) is 18.3 Å². The highest BCUT2D eigenvalue weighted by Crippen LogP contribution is 2.38. The number of hydrogen-bond acceptors (Lipinski definition) is 5. The van der Waals surface area contributed by atoms with E-state index in [0.29, 0.717) is 5.56 Å². The van der Waals surface area contributed by atoms with E-state index in [1.165, 1.54) is 0 Å². The molecular weight excluding hydrogens is 370 g/mol. The van der Waals surface area contributed by atoms with Crippen LogP contribution in [0.4, 0.5) is 0 Å². The van der Waals surface area contributed by atoms with Crippen molar-refractivity contribution >= 4 is 11.8 Å². The van der Waals surface area contributed by atoms with E-state index in [1.54, 1.807) is 13.3 Å². The number of carbonyl (C=O) groups is 2. The smallest absolute Gasteiger partial charge is 0.255 e. The number of nitrogens with zero attached hydrogens (tertiary/aromatic N) is 3. The first-order valence-corrected chi connectivity index (χ1v) is 10.7. The van der Waals surface area contributed by atoms with Gasteiger partial charge < -0.3 is 19.3 Å². The lowest BCUT2D eigenvalue weighted by atomic mass is 9.98. The molecule has 0 spiro atoms. The van der Waals surface area contributed by atoms with Crippen molar-refractivity contribution in [2.45, 2.75) is 69.7 Å². The minimum atomic E-state index is 0.0546. The van der Waals surface area contributed by atoms with E-state index in [4.69, 9.17) is 9.47 Å².